The molecule has 6 heteroatoms. The van der Waals surface area contributed by atoms with Gasteiger partial charge in [0.15, 0.2) is 0 Å². The zero-order chi connectivity index (χ0) is 18.1. The van der Waals surface area contributed by atoms with Gasteiger partial charge in [0.25, 0.3) is 0 Å². The van der Waals surface area contributed by atoms with Gasteiger partial charge in [-0.15, -0.1) is 0 Å². The maximum Gasteiger partial charge on any atom is 0.318 e. The third kappa shape index (κ3) is 3.40. The second-order valence-electron chi connectivity index (χ2n) is 6.77. The van der Waals surface area contributed by atoms with E-state index in [1.54, 1.807) is 17.0 Å². The topological polar surface area (TPSA) is 52.7 Å². The van der Waals surface area contributed by atoms with E-state index >= 15 is 0 Å². The van der Waals surface area contributed by atoms with Crippen molar-refractivity contribution in [1.82, 2.24) is 10.2 Å². The molecule has 0 bridgehead atoms. The Labute approximate surface area is 157 Å². The quantitative estimate of drug-likeness (QED) is 0.883. The standard InChI is InChI=1S/C20H20ClN3O2/c21-16-5-7-18(8-6-16)24-13-17(11-19(24)25)22-20(26)23-10-9-14-3-1-2-4-15(14)12-23/h1-8,17H,9-13H2,(H,22,26)/t17-/m0/s1. The lowest BCUT2D eigenvalue weighted by atomic mass is 10.0. The van der Waals surface area contributed by atoms with Crippen LogP contribution in [0.4, 0.5) is 10.5 Å². The van der Waals surface area contributed by atoms with Gasteiger partial charge in [-0.2, -0.15) is 0 Å². The fraction of sp³-hybridized carbons (Fsp3) is 0.300. The molecule has 2 aromatic rings. The fourth-order valence-corrected chi connectivity index (χ4v) is 3.74. The highest BCUT2D eigenvalue weighted by atomic mass is 35.5. The van der Waals surface area contributed by atoms with Crippen molar-refractivity contribution in [2.75, 3.05) is 18.0 Å². The average Bonchev–Trinajstić information content (AvgIpc) is 3.02. The molecule has 0 aromatic heterocycles. The van der Waals surface area contributed by atoms with Gasteiger partial charge < -0.3 is 15.1 Å². The highest BCUT2D eigenvalue weighted by Gasteiger charge is 2.33. The summed E-state index contributed by atoms with van der Waals surface area (Å²) < 4.78 is 0. The fourth-order valence-electron chi connectivity index (χ4n) is 3.61. The Balaban J connectivity index is 1.38. The van der Waals surface area contributed by atoms with Gasteiger partial charge in [-0.1, -0.05) is 35.9 Å². The van der Waals surface area contributed by atoms with Crippen LogP contribution in [-0.2, 0) is 17.8 Å². The molecule has 1 saturated heterocycles. The molecular weight excluding hydrogens is 350 g/mol. The first-order valence-electron chi connectivity index (χ1n) is 8.78. The number of hydrogen-bond donors (Lipinski definition) is 1. The number of carbonyl (C=O) groups excluding carboxylic acids is 2. The van der Waals surface area contributed by atoms with E-state index < -0.39 is 0 Å². The van der Waals surface area contributed by atoms with Crippen LogP contribution in [0, 0.1) is 0 Å². The number of carbonyl (C=O) groups is 2. The molecule has 0 aliphatic carbocycles. The molecule has 4 rings (SSSR count). The molecule has 0 spiro atoms. The van der Waals surface area contributed by atoms with Crippen LogP contribution in [0.25, 0.3) is 0 Å². The van der Waals surface area contributed by atoms with Gasteiger partial charge in [-0.05, 0) is 41.8 Å². The molecule has 1 atom stereocenters. The summed E-state index contributed by atoms with van der Waals surface area (Å²) in [6, 6.07) is 15.1. The van der Waals surface area contributed by atoms with Crippen LogP contribution >= 0.6 is 11.6 Å². The van der Waals surface area contributed by atoms with E-state index in [9.17, 15) is 9.59 Å². The summed E-state index contributed by atoms with van der Waals surface area (Å²) in [7, 11) is 0. The smallest absolute Gasteiger partial charge is 0.318 e. The molecule has 26 heavy (non-hydrogen) atoms. The second kappa shape index (κ2) is 7.00. The van der Waals surface area contributed by atoms with Crippen molar-refractivity contribution in [2.24, 2.45) is 0 Å². The molecule has 2 aliphatic heterocycles. The van der Waals surface area contributed by atoms with Crippen molar-refractivity contribution in [3.05, 3.63) is 64.7 Å². The Morgan fingerprint density at radius 3 is 2.58 bits per heavy atom. The Bertz CT molecular complexity index is 837. The van der Waals surface area contributed by atoms with E-state index in [2.05, 4.69) is 17.4 Å². The molecule has 1 N–H and O–H groups in total. The monoisotopic (exact) mass is 369 g/mol. The lowest BCUT2D eigenvalue weighted by molar-refractivity contribution is -0.117. The number of urea groups is 1. The van der Waals surface area contributed by atoms with Crippen LogP contribution in [0.5, 0.6) is 0 Å². The van der Waals surface area contributed by atoms with Gasteiger partial charge in [-0.3, -0.25) is 4.79 Å². The summed E-state index contributed by atoms with van der Waals surface area (Å²) in [5, 5.41) is 3.65. The zero-order valence-corrected chi connectivity index (χ0v) is 15.1. The van der Waals surface area contributed by atoms with E-state index in [1.165, 1.54) is 11.1 Å². The van der Waals surface area contributed by atoms with Gasteiger partial charge in [-0.25, -0.2) is 4.79 Å². The minimum Gasteiger partial charge on any atom is -0.333 e. The molecule has 5 nitrogen and oxygen atoms in total. The van der Waals surface area contributed by atoms with Crippen molar-refractivity contribution in [1.29, 1.82) is 0 Å². The van der Waals surface area contributed by atoms with Crippen LogP contribution in [0.2, 0.25) is 5.02 Å². The van der Waals surface area contributed by atoms with E-state index in [0.717, 1.165) is 12.1 Å². The molecule has 3 amide bonds. The largest absolute Gasteiger partial charge is 0.333 e. The number of nitrogens with one attached hydrogen (secondary N) is 1. The van der Waals surface area contributed by atoms with Crippen molar-refractivity contribution in [3.8, 4) is 0 Å². The van der Waals surface area contributed by atoms with Crippen LogP contribution < -0.4 is 10.2 Å². The third-order valence-electron chi connectivity index (χ3n) is 5.01. The molecule has 2 aromatic carbocycles. The number of benzene rings is 2. The summed E-state index contributed by atoms with van der Waals surface area (Å²) in [6.07, 6.45) is 1.18. The van der Waals surface area contributed by atoms with Crippen molar-refractivity contribution in [2.45, 2.75) is 25.4 Å². The number of halogens is 1. The van der Waals surface area contributed by atoms with Gasteiger partial charge in [0.2, 0.25) is 5.91 Å². The zero-order valence-electron chi connectivity index (χ0n) is 14.3. The Hall–Kier alpha value is -2.53. The predicted molar refractivity (Wildman–Crippen MR) is 101 cm³/mol. The summed E-state index contributed by atoms with van der Waals surface area (Å²) in [5.41, 5.74) is 3.31. The maximum absolute atomic E-state index is 12.6. The number of nitrogens with zero attached hydrogens (tertiary/aromatic N) is 2. The third-order valence-corrected chi connectivity index (χ3v) is 5.26. The Morgan fingerprint density at radius 2 is 1.81 bits per heavy atom. The SMILES string of the molecule is O=C(N[C@H]1CC(=O)N(c2ccc(Cl)cc2)C1)N1CCc2ccccc2C1. The van der Waals surface area contributed by atoms with Crippen LogP contribution in [0.3, 0.4) is 0 Å². The van der Waals surface area contributed by atoms with Crippen LogP contribution in [-0.4, -0.2) is 36.0 Å². The summed E-state index contributed by atoms with van der Waals surface area (Å²) in [6.45, 7) is 1.80. The molecule has 0 radical (unpaired) electrons. The average molecular weight is 370 g/mol. The first kappa shape index (κ1) is 16.9. The highest BCUT2D eigenvalue weighted by Crippen LogP contribution is 2.24. The molecule has 2 aliphatic rings. The lowest BCUT2D eigenvalue weighted by Crippen LogP contribution is -2.47. The van der Waals surface area contributed by atoms with E-state index in [1.807, 2.05) is 29.2 Å². The minimum atomic E-state index is -0.178. The molecule has 1 fully saturated rings. The molecule has 0 saturated carbocycles. The van der Waals surface area contributed by atoms with Gasteiger partial charge >= 0.3 is 6.03 Å². The number of amides is 3. The van der Waals surface area contributed by atoms with E-state index in [-0.39, 0.29) is 18.0 Å². The molecule has 2 heterocycles. The minimum absolute atomic E-state index is 0.0154. The van der Waals surface area contributed by atoms with Crippen molar-refractivity contribution >= 4 is 29.2 Å². The predicted octanol–water partition coefficient (Wildman–Crippen LogP) is 3.21. The van der Waals surface area contributed by atoms with Gasteiger partial charge in [0.1, 0.15) is 0 Å². The lowest BCUT2D eigenvalue weighted by Gasteiger charge is -2.30. The molecular formula is C20H20ClN3O2. The first-order chi connectivity index (χ1) is 12.6. The number of rotatable bonds is 2. The van der Waals surface area contributed by atoms with Gasteiger partial charge in [0, 0.05) is 36.8 Å². The number of hydrogen-bond acceptors (Lipinski definition) is 2. The van der Waals surface area contributed by atoms with Gasteiger partial charge in [0.05, 0.1) is 6.04 Å². The van der Waals surface area contributed by atoms with Crippen molar-refractivity contribution in [3.63, 3.8) is 0 Å². The highest BCUT2D eigenvalue weighted by molar-refractivity contribution is 6.30. The van der Waals surface area contributed by atoms with Crippen LogP contribution in [0.15, 0.2) is 48.5 Å². The van der Waals surface area contributed by atoms with E-state index in [4.69, 9.17) is 11.6 Å². The van der Waals surface area contributed by atoms with Crippen LogP contribution in [0.1, 0.15) is 17.5 Å². The van der Waals surface area contributed by atoms with Crippen molar-refractivity contribution < 1.29 is 9.59 Å². The number of anilines is 1. The summed E-state index contributed by atoms with van der Waals surface area (Å²) in [4.78, 5) is 28.5. The Kier molecular flexibility index (Phi) is 4.55. The Morgan fingerprint density at radius 1 is 1.08 bits per heavy atom. The first-order valence-corrected chi connectivity index (χ1v) is 9.16. The normalized spacial score (nSPS) is 19.4. The summed E-state index contributed by atoms with van der Waals surface area (Å²) in [5.74, 6) is 0.0154. The maximum atomic E-state index is 12.6. The molecule has 0 unspecified atom stereocenters. The number of fused-ring (bicyclic) bond motifs is 1. The second-order valence-corrected chi connectivity index (χ2v) is 7.21. The summed E-state index contributed by atoms with van der Waals surface area (Å²) >= 11 is 5.91. The van der Waals surface area contributed by atoms with E-state index in [0.29, 0.717) is 31.1 Å². The molecule has 134 valence electrons.